The molecular formula is C12H24N4S. The minimum absolute atomic E-state index is 0.377. The van der Waals surface area contributed by atoms with Crippen molar-refractivity contribution in [2.75, 3.05) is 19.6 Å². The predicted octanol–water partition coefficient (Wildman–Crippen LogP) is 2.80. The molecule has 0 aromatic carbocycles. The number of nitrogens with one attached hydrogen (secondary N) is 1. The average Bonchev–Trinajstić information content (AvgIpc) is 2.68. The molecule has 0 saturated carbocycles. The monoisotopic (exact) mass is 256 g/mol. The van der Waals surface area contributed by atoms with Gasteiger partial charge in [-0.05, 0) is 38.7 Å². The second-order valence-electron chi connectivity index (χ2n) is 4.40. The minimum atomic E-state index is 0.377. The zero-order valence-corrected chi connectivity index (χ0v) is 12.2. The first-order chi connectivity index (χ1) is 8.13. The molecular weight excluding hydrogens is 232 g/mol. The van der Waals surface area contributed by atoms with Gasteiger partial charge in [-0.25, -0.2) is 0 Å². The van der Waals surface area contributed by atoms with Gasteiger partial charge < -0.3 is 9.47 Å². The van der Waals surface area contributed by atoms with E-state index < -0.39 is 0 Å². The Kier molecular flexibility index (Phi) is 5.85. The van der Waals surface area contributed by atoms with Gasteiger partial charge in [0.25, 0.3) is 0 Å². The van der Waals surface area contributed by atoms with E-state index in [-0.39, 0.29) is 0 Å². The van der Waals surface area contributed by atoms with Crippen LogP contribution in [0, 0.1) is 4.77 Å². The van der Waals surface area contributed by atoms with Crippen molar-refractivity contribution in [1.82, 2.24) is 19.7 Å². The molecule has 0 fully saturated rings. The lowest BCUT2D eigenvalue weighted by Crippen LogP contribution is -2.30. The first-order valence-corrected chi connectivity index (χ1v) is 6.92. The molecule has 1 unspecified atom stereocenters. The second kappa shape index (κ2) is 6.91. The fourth-order valence-corrected chi connectivity index (χ4v) is 2.46. The lowest BCUT2D eigenvalue weighted by atomic mass is 10.2. The van der Waals surface area contributed by atoms with Crippen molar-refractivity contribution in [3.8, 4) is 0 Å². The van der Waals surface area contributed by atoms with Crippen molar-refractivity contribution in [3.05, 3.63) is 10.6 Å². The van der Waals surface area contributed by atoms with Crippen LogP contribution in [-0.4, -0.2) is 39.3 Å². The van der Waals surface area contributed by atoms with Gasteiger partial charge in [0.05, 0.1) is 0 Å². The summed E-state index contributed by atoms with van der Waals surface area (Å²) < 4.78 is 2.91. The Morgan fingerprint density at radius 1 is 1.35 bits per heavy atom. The molecule has 4 nitrogen and oxygen atoms in total. The number of hydrogen-bond acceptors (Lipinski definition) is 3. The molecule has 17 heavy (non-hydrogen) atoms. The Morgan fingerprint density at radius 2 is 2.00 bits per heavy atom. The first-order valence-electron chi connectivity index (χ1n) is 6.52. The molecule has 1 aromatic heterocycles. The van der Waals surface area contributed by atoms with E-state index in [1.807, 2.05) is 0 Å². The van der Waals surface area contributed by atoms with Gasteiger partial charge in [0, 0.05) is 19.0 Å². The molecule has 0 spiro atoms. The van der Waals surface area contributed by atoms with Gasteiger partial charge in [0.2, 0.25) is 0 Å². The van der Waals surface area contributed by atoms with Crippen molar-refractivity contribution in [2.24, 2.45) is 0 Å². The Morgan fingerprint density at radius 3 is 2.53 bits per heavy atom. The quantitative estimate of drug-likeness (QED) is 0.762. The van der Waals surface area contributed by atoms with Crippen LogP contribution in [0.15, 0.2) is 0 Å². The summed E-state index contributed by atoms with van der Waals surface area (Å²) in [5, 5.41) is 7.22. The van der Waals surface area contributed by atoms with Crippen molar-refractivity contribution in [1.29, 1.82) is 0 Å². The smallest absolute Gasteiger partial charge is 0.195 e. The molecule has 0 bridgehead atoms. The van der Waals surface area contributed by atoms with Crippen LogP contribution >= 0.6 is 12.2 Å². The summed E-state index contributed by atoms with van der Waals surface area (Å²) >= 11 is 5.31. The number of nitrogens with zero attached hydrogens (tertiary/aromatic N) is 3. The molecule has 5 heteroatoms. The molecule has 1 rings (SSSR count). The summed E-state index contributed by atoms with van der Waals surface area (Å²) in [5.74, 6) is 1.08. The average molecular weight is 256 g/mol. The zero-order valence-electron chi connectivity index (χ0n) is 11.4. The van der Waals surface area contributed by atoms with E-state index in [9.17, 15) is 0 Å². The normalized spacial score (nSPS) is 13.2. The number of hydrogen-bond donors (Lipinski definition) is 1. The molecule has 0 aliphatic rings. The zero-order chi connectivity index (χ0) is 12.8. The highest BCUT2D eigenvalue weighted by molar-refractivity contribution is 7.71. The maximum Gasteiger partial charge on any atom is 0.195 e. The highest BCUT2D eigenvalue weighted by Gasteiger charge is 2.14. The van der Waals surface area contributed by atoms with Crippen molar-refractivity contribution in [2.45, 2.75) is 46.6 Å². The van der Waals surface area contributed by atoms with Crippen LogP contribution in [0.1, 0.15) is 46.0 Å². The van der Waals surface area contributed by atoms with E-state index in [0.717, 1.165) is 43.1 Å². The van der Waals surface area contributed by atoms with Gasteiger partial charge in [-0.2, -0.15) is 5.10 Å². The minimum Gasteiger partial charge on any atom is -0.302 e. The summed E-state index contributed by atoms with van der Waals surface area (Å²) in [6.45, 7) is 11.9. The molecule has 98 valence electrons. The Hall–Kier alpha value is -0.680. The third-order valence-electron chi connectivity index (χ3n) is 3.11. The van der Waals surface area contributed by atoms with Gasteiger partial charge in [0.15, 0.2) is 4.77 Å². The number of likely N-dealkylation sites (N-methyl/N-ethyl adjacent to an activating group) is 1. The second-order valence-corrected chi connectivity index (χ2v) is 4.79. The van der Waals surface area contributed by atoms with E-state index in [2.05, 4.69) is 47.4 Å². The lowest BCUT2D eigenvalue weighted by Gasteiger charge is -2.24. The summed E-state index contributed by atoms with van der Waals surface area (Å²) in [7, 11) is 0. The summed E-state index contributed by atoms with van der Waals surface area (Å²) in [6, 6.07) is 0.377. The van der Waals surface area contributed by atoms with Gasteiger partial charge in [-0.15, -0.1) is 0 Å². The van der Waals surface area contributed by atoms with Crippen LogP contribution < -0.4 is 0 Å². The van der Waals surface area contributed by atoms with Crippen LogP contribution in [0.25, 0.3) is 0 Å². The van der Waals surface area contributed by atoms with Crippen LogP contribution in [0.5, 0.6) is 0 Å². The molecule has 0 aliphatic heterocycles. The maximum absolute atomic E-state index is 5.31. The molecule has 0 aliphatic carbocycles. The maximum atomic E-state index is 5.31. The van der Waals surface area contributed by atoms with Crippen LogP contribution in [0.3, 0.4) is 0 Å². The Labute approximate surface area is 109 Å². The molecule has 1 aromatic rings. The predicted molar refractivity (Wildman–Crippen MR) is 73.9 cm³/mol. The number of rotatable bonds is 7. The lowest BCUT2D eigenvalue weighted by molar-refractivity contribution is 0.258. The van der Waals surface area contributed by atoms with Gasteiger partial charge in [0.1, 0.15) is 5.82 Å². The molecule has 0 saturated heterocycles. The summed E-state index contributed by atoms with van der Waals surface area (Å²) in [4.78, 5) is 2.41. The standard InChI is InChI=1S/C12H24N4S/c1-5-8-11-13-14-12(17)16(11)10(4)9-15(6-2)7-3/h10H,5-9H2,1-4H3,(H,14,17). The highest BCUT2D eigenvalue weighted by atomic mass is 32.1. The fraction of sp³-hybridized carbons (Fsp3) is 0.833. The third-order valence-corrected chi connectivity index (χ3v) is 3.40. The van der Waals surface area contributed by atoms with Crippen LogP contribution in [0.2, 0.25) is 0 Å². The molecule has 1 N–H and O–H groups in total. The van der Waals surface area contributed by atoms with Gasteiger partial charge in [-0.1, -0.05) is 20.8 Å². The van der Waals surface area contributed by atoms with Crippen molar-refractivity contribution < 1.29 is 0 Å². The van der Waals surface area contributed by atoms with E-state index in [0.29, 0.717) is 6.04 Å². The SMILES string of the molecule is CCCc1n[nH]c(=S)n1C(C)CN(CC)CC. The Balaban J connectivity index is 2.83. The number of aryl methyl sites for hydroxylation is 1. The van der Waals surface area contributed by atoms with Crippen LogP contribution in [-0.2, 0) is 6.42 Å². The number of H-pyrrole nitrogens is 1. The van der Waals surface area contributed by atoms with Crippen molar-refractivity contribution >= 4 is 12.2 Å². The number of aromatic amines is 1. The van der Waals surface area contributed by atoms with Crippen molar-refractivity contribution in [3.63, 3.8) is 0 Å². The molecule has 0 radical (unpaired) electrons. The van der Waals surface area contributed by atoms with E-state index in [1.165, 1.54) is 0 Å². The summed E-state index contributed by atoms with van der Waals surface area (Å²) in [5.41, 5.74) is 0. The third kappa shape index (κ3) is 3.64. The molecule has 0 amide bonds. The van der Waals surface area contributed by atoms with Crippen LogP contribution in [0.4, 0.5) is 0 Å². The van der Waals surface area contributed by atoms with E-state index >= 15 is 0 Å². The highest BCUT2D eigenvalue weighted by Crippen LogP contribution is 2.12. The van der Waals surface area contributed by atoms with Gasteiger partial charge in [-0.3, -0.25) is 5.10 Å². The first kappa shape index (κ1) is 14.4. The number of aromatic nitrogens is 3. The van der Waals surface area contributed by atoms with E-state index in [4.69, 9.17) is 12.2 Å². The molecule has 1 atom stereocenters. The fourth-order valence-electron chi connectivity index (χ4n) is 2.13. The Bertz CT molecular complexity index is 378. The largest absolute Gasteiger partial charge is 0.302 e. The molecule has 1 heterocycles. The van der Waals surface area contributed by atoms with Gasteiger partial charge >= 0.3 is 0 Å². The van der Waals surface area contributed by atoms with E-state index in [1.54, 1.807) is 0 Å². The summed E-state index contributed by atoms with van der Waals surface area (Å²) in [6.07, 6.45) is 2.08. The topological polar surface area (TPSA) is 36.9 Å².